The first kappa shape index (κ1) is 11.8. The predicted molar refractivity (Wildman–Crippen MR) is 55.6 cm³/mol. The number of carboxylic acid groups (broad SMARTS) is 1. The number of rotatable bonds is 5. The van der Waals surface area contributed by atoms with Gasteiger partial charge in [-0.05, 0) is 24.7 Å². The molecule has 0 heterocycles. The third kappa shape index (κ3) is 4.18. The summed E-state index contributed by atoms with van der Waals surface area (Å²) in [5, 5.41) is 11.2. The zero-order valence-electron chi connectivity index (χ0n) is 9.19. The predicted octanol–water partition coefficient (Wildman–Crippen LogP) is 0.758. The fraction of sp³-hybridized carbons (Fsp3) is 0.800. The van der Waals surface area contributed by atoms with E-state index in [-0.39, 0.29) is 12.6 Å². The van der Waals surface area contributed by atoms with Crippen LogP contribution < -0.4 is 5.32 Å². The zero-order valence-corrected chi connectivity index (χ0v) is 9.19. The highest BCUT2D eigenvalue weighted by Gasteiger charge is 2.28. The summed E-state index contributed by atoms with van der Waals surface area (Å²) in [6.07, 6.45) is 2.50. The molecule has 1 unspecified atom stereocenters. The van der Waals surface area contributed by atoms with Crippen LogP contribution in [-0.2, 0) is 4.79 Å². The van der Waals surface area contributed by atoms with Gasteiger partial charge in [0.2, 0.25) is 0 Å². The minimum atomic E-state index is -0.997. The van der Waals surface area contributed by atoms with E-state index in [0.717, 1.165) is 5.92 Å². The molecule has 1 saturated carbocycles. The van der Waals surface area contributed by atoms with Gasteiger partial charge in [-0.3, -0.25) is 4.79 Å². The zero-order chi connectivity index (χ0) is 11.4. The smallest absolute Gasteiger partial charge is 0.323 e. The van der Waals surface area contributed by atoms with Crippen LogP contribution in [0, 0.1) is 11.8 Å². The van der Waals surface area contributed by atoms with Crippen LogP contribution in [0.25, 0.3) is 0 Å². The lowest BCUT2D eigenvalue weighted by atomic mass is 10.1. The van der Waals surface area contributed by atoms with Gasteiger partial charge in [-0.25, -0.2) is 4.79 Å². The standard InChI is InChI=1S/C10H18N2O3/c1-7(8-3-4-8)5-11-10(15)12(2)6-9(13)14/h7-8H,3-6H2,1-2H3,(H,11,15)(H,13,14). The molecule has 5 heteroatoms. The van der Waals surface area contributed by atoms with Crippen LogP contribution in [-0.4, -0.2) is 42.1 Å². The van der Waals surface area contributed by atoms with E-state index in [1.54, 1.807) is 0 Å². The van der Waals surface area contributed by atoms with Crippen LogP contribution in [0.4, 0.5) is 4.79 Å². The number of likely N-dealkylation sites (N-methyl/N-ethyl adjacent to an activating group) is 1. The average molecular weight is 214 g/mol. The molecule has 1 aliphatic carbocycles. The summed E-state index contributed by atoms with van der Waals surface area (Å²) in [6, 6.07) is -0.315. The van der Waals surface area contributed by atoms with Crippen molar-refractivity contribution in [2.75, 3.05) is 20.1 Å². The molecule has 86 valence electrons. The first-order valence-corrected chi connectivity index (χ1v) is 5.21. The Hall–Kier alpha value is -1.26. The lowest BCUT2D eigenvalue weighted by Crippen LogP contribution is -2.41. The highest BCUT2D eigenvalue weighted by molar-refractivity contribution is 5.79. The number of urea groups is 1. The van der Waals surface area contributed by atoms with Crippen LogP contribution in [0.15, 0.2) is 0 Å². The van der Waals surface area contributed by atoms with Crippen LogP contribution in [0.3, 0.4) is 0 Å². The van der Waals surface area contributed by atoms with Gasteiger partial charge >= 0.3 is 12.0 Å². The van der Waals surface area contributed by atoms with Crippen molar-refractivity contribution in [3.05, 3.63) is 0 Å². The van der Waals surface area contributed by atoms with Crippen molar-refractivity contribution in [2.24, 2.45) is 11.8 Å². The van der Waals surface area contributed by atoms with E-state index in [1.807, 2.05) is 0 Å². The van der Waals surface area contributed by atoms with Gasteiger partial charge in [-0.2, -0.15) is 0 Å². The average Bonchev–Trinajstić information content (AvgIpc) is 2.95. The largest absolute Gasteiger partial charge is 0.480 e. The number of carbonyl (C=O) groups is 2. The fourth-order valence-corrected chi connectivity index (χ4v) is 1.49. The van der Waals surface area contributed by atoms with Crippen molar-refractivity contribution in [1.29, 1.82) is 0 Å². The molecular formula is C10H18N2O3. The van der Waals surface area contributed by atoms with Crippen LogP contribution in [0.2, 0.25) is 0 Å². The Kier molecular flexibility index (Phi) is 3.94. The monoisotopic (exact) mass is 214 g/mol. The van der Waals surface area contributed by atoms with Crippen molar-refractivity contribution in [1.82, 2.24) is 10.2 Å². The number of nitrogens with one attached hydrogen (secondary N) is 1. The molecule has 0 aromatic rings. The van der Waals surface area contributed by atoms with E-state index in [4.69, 9.17) is 5.11 Å². The Bertz CT molecular complexity index is 251. The molecule has 0 aromatic carbocycles. The second-order valence-electron chi connectivity index (χ2n) is 4.25. The van der Waals surface area contributed by atoms with Crippen molar-refractivity contribution in [3.63, 3.8) is 0 Å². The highest BCUT2D eigenvalue weighted by Crippen LogP contribution is 2.35. The second kappa shape index (κ2) is 5.00. The first-order chi connectivity index (χ1) is 7.00. The van der Waals surface area contributed by atoms with E-state index >= 15 is 0 Å². The van der Waals surface area contributed by atoms with Gasteiger partial charge in [0, 0.05) is 13.6 Å². The van der Waals surface area contributed by atoms with Crippen molar-refractivity contribution in [3.8, 4) is 0 Å². The molecule has 5 nitrogen and oxygen atoms in total. The van der Waals surface area contributed by atoms with Gasteiger partial charge in [-0.15, -0.1) is 0 Å². The Balaban J connectivity index is 2.19. The Morgan fingerprint density at radius 1 is 1.53 bits per heavy atom. The molecule has 0 aliphatic heterocycles. The topological polar surface area (TPSA) is 69.6 Å². The summed E-state index contributed by atoms with van der Waals surface area (Å²) < 4.78 is 0. The summed E-state index contributed by atoms with van der Waals surface area (Å²) in [5.41, 5.74) is 0. The Labute approximate surface area is 89.4 Å². The number of amides is 2. The molecule has 0 saturated heterocycles. The summed E-state index contributed by atoms with van der Waals surface area (Å²) >= 11 is 0. The molecule has 1 aliphatic rings. The van der Waals surface area contributed by atoms with Gasteiger partial charge in [0.1, 0.15) is 6.54 Å². The van der Waals surface area contributed by atoms with Crippen molar-refractivity contribution >= 4 is 12.0 Å². The van der Waals surface area contributed by atoms with E-state index in [0.29, 0.717) is 12.5 Å². The van der Waals surface area contributed by atoms with Crippen molar-refractivity contribution in [2.45, 2.75) is 19.8 Å². The highest BCUT2D eigenvalue weighted by atomic mass is 16.4. The van der Waals surface area contributed by atoms with Crippen LogP contribution >= 0.6 is 0 Å². The number of hydrogen-bond donors (Lipinski definition) is 2. The van der Waals surface area contributed by atoms with Gasteiger partial charge < -0.3 is 15.3 Å². The minimum absolute atomic E-state index is 0.260. The summed E-state index contributed by atoms with van der Waals surface area (Å²) in [5.74, 6) is 0.241. The number of nitrogens with zero attached hydrogens (tertiary/aromatic N) is 1. The van der Waals surface area contributed by atoms with Crippen LogP contribution in [0.5, 0.6) is 0 Å². The molecule has 1 rings (SSSR count). The molecule has 2 N–H and O–H groups in total. The molecular weight excluding hydrogens is 196 g/mol. The Morgan fingerprint density at radius 3 is 2.60 bits per heavy atom. The van der Waals surface area contributed by atoms with Gasteiger partial charge in [-0.1, -0.05) is 6.92 Å². The Morgan fingerprint density at radius 2 is 2.13 bits per heavy atom. The van der Waals surface area contributed by atoms with Gasteiger partial charge in [0.05, 0.1) is 0 Å². The first-order valence-electron chi connectivity index (χ1n) is 5.21. The summed E-state index contributed by atoms with van der Waals surface area (Å²) in [6.45, 7) is 2.48. The molecule has 1 atom stereocenters. The molecule has 0 spiro atoms. The lowest BCUT2D eigenvalue weighted by molar-refractivity contribution is -0.137. The lowest BCUT2D eigenvalue weighted by Gasteiger charge is -2.17. The molecule has 1 fully saturated rings. The summed E-state index contributed by atoms with van der Waals surface area (Å²) in [4.78, 5) is 22.9. The third-order valence-electron chi connectivity index (χ3n) is 2.72. The van der Waals surface area contributed by atoms with E-state index in [9.17, 15) is 9.59 Å². The molecule has 0 bridgehead atoms. The van der Waals surface area contributed by atoms with Crippen LogP contribution in [0.1, 0.15) is 19.8 Å². The van der Waals surface area contributed by atoms with E-state index in [1.165, 1.54) is 24.8 Å². The molecule has 2 amide bonds. The van der Waals surface area contributed by atoms with Gasteiger partial charge in [0.25, 0.3) is 0 Å². The number of aliphatic carboxylic acids is 1. The SMILES string of the molecule is CC(CNC(=O)N(C)CC(=O)O)C1CC1. The maximum atomic E-state index is 11.4. The number of hydrogen-bond acceptors (Lipinski definition) is 2. The minimum Gasteiger partial charge on any atom is -0.480 e. The summed E-state index contributed by atoms with van der Waals surface area (Å²) in [7, 11) is 1.48. The molecule has 0 radical (unpaired) electrons. The maximum Gasteiger partial charge on any atom is 0.323 e. The number of carboxylic acids is 1. The van der Waals surface area contributed by atoms with Crippen molar-refractivity contribution < 1.29 is 14.7 Å². The molecule has 0 aromatic heterocycles. The maximum absolute atomic E-state index is 11.4. The van der Waals surface area contributed by atoms with E-state index < -0.39 is 5.97 Å². The second-order valence-corrected chi connectivity index (χ2v) is 4.25. The van der Waals surface area contributed by atoms with E-state index in [2.05, 4.69) is 12.2 Å². The molecule has 15 heavy (non-hydrogen) atoms. The van der Waals surface area contributed by atoms with Gasteiger partial charge in [0.15, 0.2) is 0 Å². The quantitative estimate of drug-likeness (QED) is 0.709. The number of carbonyl (C=O) groups excluding carboxylic acids is 1. The third-order valence-corrected chi connectivity index (χ3v) is 2.72. The fourth-order valence-electron chi connectivity index (χ4n) is 1.49. The normalized spacial score (nSPS) is 16.9.